The van der Waals surface area contributed by atoms with Crippen molar-refractivity contribution in [2.75, 3.05) is 5.75 Å². The minimum absolute atomic E-state index is 0.165. The van der Waals surface area contributed by atoms with Gasteiger partial charge < -0.3 is 4.52 Å². The Bertz CT molecular complexity index is 1180. The molecule has 0 aliphatic heterocycles. The third-order valence-corrected chi connectivity index (χ3v) is 6.43. The summed E-state index contributed by atoms with van der Waals surface area (Å²) in [5.74, 6) is -1.35. The number of carbonyl (C=O) groups excluding carboxylic acids is 1. The SMILES string of the molecule is Cc1noc(C)c1C(=O)CS(=O)(=O)c1nc2cc(Cl)c(Cl)cc2nc1C(C)C. The first-order chi connectivity index (χ1) is 13.0. The van der Waals surface area contributed by atoms with E-state index in [0.717, 1.165) is 0 Å². The molecule has 0 saturated carbocycles. The van der Waals surface area contributed by atoms with Crippen molar-refractivity contribution in [1.29, 1.82) is 0 Å². The molecule has 148 valence electrons. The van der Waals surface area contributed by atoms with Gasteiger partial charge in [-0.3, -0.25) is 4.79 Å². The molecule has 1 aromatic carbocycles. The molecule has 3 aromatic rings. The molecule has 0 unspecified atom stereocenters. The predicted molar refractivity (Wildman–Crippen MR) is 106 cm³/mol. The molecule has 0 spiro atoms. The Hall–Kier alpha value is -2.03. The number of ketones is 1. The number of sulfone groups is 1. The maximum Gasteiger partial charge on any atom is 0.204 e. The molecule has 0 atom stereocenters. The van der Waals surface area contributed by atoms with E-state index >= 15 is 0 Å². The van der Waals surface area contributed by atoms with Gasteiger partial charge in [0.25, 0.3) is 0 Å². The topological polar surface area (TPSA) is 103 Å². The summed E-state index contributed by atoms with van der Waals surface area (Å²) in [4.78, 5) is 21.3. The lowest BCUT2D eigenvalue weighted by atomic mass is 10.1. The molecule has 3 rings (SSSR count). The zero-order chi connectivity index (χ0) is 20.8. The van der Waals surface area contributed by atoms with Crippen molar-refractivity contribution < 1.29 is 17.7 Å². The number of hydrogen-bond donors (Lipinski definition) is 0. The molecular weight excluding hydrogens is 425 g/mol. The van der Waals surface area contributed by atoms with Crippen LogP contribution in [0.2, 0.25) is 10.0 Å². The molecule has 0 saturated heterocycles. The highest BCUT2D eigenvalue weighted by Gasteiger charge is 2.30. The fourth-order valence-electron chi connectivity index (χ4n) is 2.85. The minimum Gasteiger partial charge on any atom is -0.361 e. The molecule has 0 bridgehead atoms. The van der Waals surface area contributed by atoms with Gasteiger partial charge in [0.15, 0.2) is 10.8 Å². The van der Waals surface area contributed by atoms with E-state index in [2.05, 4.69) is 15.1 Å². The lowest BCUT2D eigenvalue weighted by Crippen LogP contribution is -2.21. The largest absolute Gasteiger partial charge is 0.361 e. The number of fused-ring (bicyclic) bond motifs is 1. The molecule has 0 fully saturated rings. The van der Waals surface area contributed by atoms with Crippen LogP contribution < -0.4 is 0 Å². The highest BCUT2D eigenvalue weighted by molar-refractivity contribution is 7.92. The number of Topliss-reactive ketones (excluding diaryl/α,β-unsaturated/α-hetero) is 1. The van der Waals surface area contributed by atoms with Crippen LogP contribution in [0.25, 0.3) is 11.0 Å². The number of carbonyl (C=O) groups is 1. The van der Waals surface area contributed by atoms with E-state index in [0.29, 0.717) is 16.2 Å². The van der Waals surface area contributed by atoms with Gasteiger partial charge in [-0.15, -0.1) is 0 Å². The van der Waals surface area contributed by atoms with Gasteiger partial charge >= 0.3 is 0 Å². The van der Waals surface area contributed by atoms with Gasteiger partial charge in [-0.1, -0.05) is 42.2 Å². The van der Waals surface area contributed by atoms with Crippen LogP contribution in [0.1, 0.15) is 47.3 Å². The molecule has 0 amide bonds. The quantitative estimate of drug-likeness (QED) is 0.542. The van der Waals surface area contributed by atoms with Crippen molar-refractivity contribution in [3.63, 3.8) is 0 Å². The first-order valence-corrected chi connectivity index (χ1v) is 10.8. The molecule has 0 aliphatic carbocycles. The lowest BCUT2D eigenvalue weighted by Gasteiger charge is -2.13. The number of nitrogens with zero attached hydrogens (tertiary/aromatic N) is 3. The smallest absolute Gasteiger partial charge is 0.204 e. The zero-order valence-corrected chi connectivity index (χ0v) is 17.9. The molecular formula is C18H17Cl2N3O4S. The Morgan fingerprint density at radius 2 is 1.68 bits per heavy atom. The third kappa shape index (κ3) is 3.76. The van der Waals surface area contributed by atoms with E-state index < -0.39 is 21.4 Å². The molecule has 2 heterocycles. The number of halogens is 2. The van der Waals surface area contributed by atoms with Crippen LogP contribution in [-0.4, -0.2) is 35.1 Å². The second-order valence-corrected chi connectivity index (χ2v) is 9.42. The average molecular weight is 442 g/mol. The van der Waals surface area contributed by atoms with Gasteiger partial charge in [0.1, 0.15) is 11.5 Å². The molecule has 0 N–H and O–H groups in total. The normalized spacial score (nSPS) is 12.1. The van der Waals surface area contributed by atoms with Crippen LogP contribution in [-0.2, 0) is 9.84 Å². The summed E-state index contributed by atoms with van der Waals surface area (Å²) >= 11 is 12.1. The van der Waals surface area contributed by atoms with Crippen LogP contribution in [0.3, 0.4) is 0 Å². The molecule has 0 radical (unpaired) electrons. The highest BCUT2D eigenvalue weighted by atomic mass is 35.5. The van der Waals surface area contributed by atoms with Crippen molar-refractivity contribution in [2.24, 2.45) is 0 Å². The van der Waals surface area contributed by atoms with Gasteiger partial charge in [0.2, 0.25) is 9.84 Å². The molecule has 0 aliphatic rings. The van der Waals surface area contributed by atoms with Crippen LogP contribution in [0.15, 0.2) is 21.7 Å². The van der Waals surface area contributed by atoms with Gasteiger partial charge in [0, 0.05) is 0 Å². The molecule has 10 heteroatoms. The van der Waals surface area contributed by atoms with Crippen molar-refractivity contribution in [1.82, 2.24) is 15.1 Å². The maximum absolute atomic E-state index is 13.0. The maximum atomic E-state index is 13.0. The van der Waals surface area contributed by atoms with Crippen LogP contribution in [0.4, 0.5) is 0 Å². The van der Waals surface area contributed by atoms with E-state index in [4.69, 9.17) is 27.7 Å². The summed E-state index contributed by atoms with van der Waals surface area (Å²) in [6.07, 6.45) is 0. The monoisotopic (exact) mass is 441 g/mol. The molecule has 7 nitrogen and oxygen atoms in total. The summed E-state index contributed by atoms with van der Waals surface area (Å²) in [5, 5.41) is 3.98. The third-order valence-electron chi connectivity index (χ3n) is 4.17. The van der Waals surface area contributed by atoms with Crippen LogP contribution in [0.5, 0.6) is 0 Å². The Morgan fingerprint density at radius 3 is 2.18 bits per heavy atom. The van der Waals surface area contributed by atoms with Gasteiger partial charge in [0.05, 0.1) is 38.0 Å². The number of aromatic nitrogens is 3. The summed E-state index contributed by atoms with van der Waals surface area (Å²) in [5.41, 5.74) is 1.47. The lowest BCUT2D eigenvalue weighted by molar-refractivity contribution is 0.101. The van der Waals surface area contributed by atoms with E-state index in [1.807, 2.05) is 0 Å². The second-order valence-electron chi connectivity index (χ2n) is 6.71. The van der Waals surface area contributed by atoms with Crippen molar-refractivity contribution in [3.8, 4) is 0 Å². The van der Waals surface area contributed by atoms with Gasteiger partial charge in [-0.2, -0.15) is 0 Å². The number of aryl methyl sites for hydroxylation is 2. The Kier molecular flexibility index (Phi) is 5.49. The summed E-state index contributed by atoms with van der Waals surface area (Å²) < 4.78 is 31.1. The van der Waals surface area contributed by atoms with Crippen molar-refractivity contribution in [2.45, 2.75) is 38.6 Å². The first-order valence-electron chi connectivity index (χ1n) is 8.36. The van der Waals surface area contributed by atoms with E-state index in [-0.39, 0.29) is 38.5 Å². The first kappa shape index (κ1) is 20.7. The molecule has 28 heavy (non-hydrogen) atoms. The summed E-state index contributed by atoms with van der Waals surface area (Å²) in [6.45, 7) is 6.73. The number of benzene rings is 1. The Morgan fingerprint density at radius 1 is 1.11 bits per heavy atom. The fourth-order valence-corrected chi connectivity index (χ4v) is 4.63. The highest BCUT2D eigenvalue weighted by Crippen LogP contribution is 2.30. The summed E-state index contributed by atoms with van der Waals surface area (Å²) in [7, 11) is -4.08. The van der Waals surface area contributed by atoms with E-state index in [9.17, 15) is 13.2 Å². The Balaban J connectivity index is 2.13. The van der Waals surface area contributed by atoms with Crippen molar-refractivity contribution >= 4 is 49.9 Å². The van der Waals surface area contributed by atoms with Crippen LogP contribution >= 0.6 is 23.2 Å². The average Bonchev–Trinajstić information content (AvgIpc) is 2.93. The van der Waals surface area contributed by atoms with E-state index in [1.165, 1.54) is 12.1 Å². The van der Waals surface area contributed by atoms with Gasteiger partial charge in [-0.05, 0) is 31.9 Å². The predicted octanol–water partition coefficient (Wildman–Crippen LogP) is 4.32. The van der Waals surface area contributed by atoms with E-state index in [1.54, 1.807) is 27.7 Å². The minimum atomic E-state index is -4.08. The molecule has 2 aromatic heterocycles. The fraction of sp³-hybridized carbons (Fsp3) is 0.333. The second kappa shape index (κ2) is 7.42. The van der Waals surface area contributed by atoms with Gasteiger partial charge in [-0.25, -0.2) is 18.4 Å². The summed E-state index contributed by atoms with van der Waals surface area (Å²) in [6, 6.07) is 2.98. The Labute approximate surface area is 172 Å². The number of rotatable bonds is 5. The van der Waals surface area contributed by atoms with Crippen molar-refractivity contribution in [3.05, 3.63) is 44.9 Å². The standard InChI is InChI=1S/C18H17Cl2N3O4S/c1-8(2)17-18(22-14-6-12(20)11(19)5-13(14)21-17)28(25,26)7-15(24)16-9(3)23-27-10(16)4/h5-6,8H,7H2,1-4H3. The zero-order valence-electron chi connectivity index (χ0n) is 15.6. The number of hydrogen-bond acceptors (Lipinski definition) is 7. The van der Waals surface area contributed by atoms with Crippen LogP contribution in [0, 0.1) is 13.8 Å².